The molecule has 1 aromatic heterocycles. The first-order valence-corrected chi connectivity index (χ1v) is 6.87. The molecule has 0 saturated carbocycles. The van der Waals surface area contributed by atoms with Crippen LogP contribution in [0.5, 0.6) is 5.75 Å². The Morgan fingerprint density at radius 3 is 2.50 bits per heavy atom. The van der Waals surface area contributed by atoms with Gasteiger partial charge in [-0.05, 0) is 30.7 Å². The molecule has 1 aromatic carbocycles. The molecule has 0 amide bonds. The zero-order chi connectivity index (χ0) is 14.6. The summed E-state index contributed by atoms with van der Waals surface area (Å²) in [6.45, 7) is 2.57. The van der Waals surface area contributed by atoms with Crippen LogP contribution in [0.4, 0.5) is 18.9 Å². The molecular formula is C13H13F3N2OS. The van der Waals surface area contributed by atoms with E-state index in [0.29, 0.717) is 12.2 Å². The fourth-order valence-corrected chi connectivity index (χ4v) is 2.30. The third kappa shape index (κ3) is 4.41. The van der Waals surface area contributed by atoms with Gasteiger partial charge in [-0.3, -0.25) is 0 Å². The van der Waals surface area contributed by atoms with Crippen molar-refractivity contribution in [3.63, 3.8) is 0 Å². The molecule has 1 heterocycles. The molecule has 0 aliphatic heterocycles. The number of aryl methyl sites for hydroxylation is 1. The van der Waals surface area contributed by atoms with Crippen molar-refractivity contribution >= 4 is 17.0 Å². The Morgan fingerprint density at radius 2 is 1.95 bits per heavy atom. The Kier molecular flexibility index (Phi) is 4.49. The van der Waals surface area contributed by atoms with Crippen LogP contribution in [0.2, 0.25) is 0 Å². The van der Waals surface area contributed by atoms with Gasteiger partial charge in [0.25, 0.3) is 0 Å². The highest BCUT2D eigenvalue weighted by Gasteiger charge is 2.30. The van der Waals surface area contributed by atoms with Gasteiger partial charge in [-0.2, -0.15) is 0 Å². The second kappa shape index (κ2) is 6.13. The number of benzene rings is 1. The molecule has 0 aliphatic carbocycles. The quantitative estimate of drug-likeness (QED) is 0.898. The summed E-state index contributed by atoms with van der Waals surface area (Å²) in [4.78, 5) is 4.39. The van der Waals surface area contributed by atoms with E-state index >= 15 is 0 Å². The van der Waals surface area contributed by atoms with Gasteiger partial charge >= 0.3 is 6.36 Å². The van der Waals surface area contributed by atoms with E-state index in [1.165, 1.54) is 24.3 Å². The van der Waals surface area contributed by atoms with Crippen molar-refractivity contribution < 1.29 is 17.9 Å². The monoisotopic (exact) mass is 302 g/mol. The summed E-state index contributed by atoms with van der Waals surface area (Å²) in [5, 5.41) is 6.13. The summed E-state index contributed by atoms with van der Waals surface area (Å²) in [6.07, 6.45) is -3.76. The Hall–Kier alpha value is -1.76. The minimum Gasteiger partial charge on any atom is -0.406 e. The molecule has 20 heavy (non-hydrogen) atoms. The van der Waals surface area contributed by atoms with Crippen LogP contribution in [-0.2, 0) is 13.0 Å². The summed E-state index contributed by atoms with van der Waals surface area (Å²) >= 11 is 1.60. The highest BCUT2D eigenvalue weighted by molar-refractivity contribution is 7.09. The number of hydrogen-bond acceptors (Lipinski definition) is 4. The summed E-state index contributed by atoms with van der Waals surface area (Å²) in [5.74, 6) is -0.232. The highest BCUT2D eigenvalue weighted by atomic mass is 32.1. The lowest BCUT2D eigenvalue weighted by molar-refractivity contribution is -0.274. The summed E-state index contributed by atoms with van der Waals surface area (Å²) in [6, 6.07) is 5.62. The normalized spacial score (nSPS) is 11.4. The van der Waals surface area contributed by atoms with E-state index in [1.807, 2.05) is 12.3 Å². The molecule has 0 atom stereocenters. The summed E-state index contributed by atoms with van der Waals surface area (Å²) < 4.78 is 39.8. The second-order valence-corrected chi connectivity index (χ2v) is 4.95. The Morgan fingerprint density at radius 1 is 1.25 bits per heavy atom. The van der Waals surface area contributed by atoms with Crippen LogP contribution >= 0.6 is 11.3 Å². The van der Waals surface area contributed by atoms with Gasteiger partial charge in [0.1, 0.15) is 5.75 Å². The van der Waals surface area contributed by atoms with Crippen LogP contribution < -0.4 is 10.1 Å². The van der Waals surface area contributed by atoms with Crippen molar-refractivity contribution in [2.24, 2.45) is 0 Å². The first-order chi connectivity index (χ1) is 9.46. The molecule has 0 bridgehead atoms. The van der Waals surface area contributed by atoms with E-state index in [4.69, 9.17) is 0 Å². The van der Waals surface area contributed by atoms with Crippen LogP contribution in [0.25, 0.3) is 0 Å². The standard InChI is InChI=1S/C13H13F3N2OS/c1-2-12-18-10(8-20-12)7-17-9-3-5-11(6-4-9)19-13(14,15)16/h3-6,8,17H,2,7H2,1H3. The Labute approximate surface area is 118 Å². The Bertz CT molecular complexity index is 551. The van der Waals surface area contributed by atoms with E-state index in [1.54, 1.807) is 11.3 Å². The lowest BCUT2D eigenvalue weighted by Crippen LogP contribution is -2.17. The average molecular weight is 302 g/mol. The highest BCUT2D eigenvalue weighted by Crippen LogP contribution is 2.24. The smallest absolute Gasteiger partial charge is 0.406 e. The molecule has 108 valence electrons. The first-order valence-electron chi connectivity index (χ1n) is 5.99. The van der Waals surface area contributed by atoms with Gasteiger partial charge in [-0.1, -0.05) is 6.92 Å². The molecule has 0 unspecified atom stereocenters. The minimum absolute atomic E-state index is 0.232. The van der Waals surface area contributed by atoms with Gasteiger partial charge in [-0.15, -0.1) is 24.5 Å². The third-order valence-electron chi connectivity index (χ3n) is 2.46. The fraction of sp³-hybridized carbons (Fsp3) is 0.308. The van der Waals surface area contributed by atoms with Gasteiger partial charge < -0.3 is 10.1 Å². The van der Waals surface area contributed by atoms with Gasteiger partial charge in [0.2, 0.25) is 0 Å². The van der Waals surface area contributed by atoms with E-state index in [2.05, 4.69) is 15.0 Å². The number of alkyl halides is 3. The van der Waals surface area contributed by atoms with Crippen LogP contribution in [0.15, 0.2) is 29.6 Å². The SMILES string of the molecule is CCc1nc(CNc2ccc(OC(F)(F)F)cc2)cs1. The first kappa shape index (κ1) is 14.6. The van der Waals surface area contributed by atoms with Crippen molar-refractivity contribution in [1.82, 2.24) is 4.98 Å². The predicted molar refractivity (Wildman–Crippen MR) is 71.9 cm³/mol. The van der Waals surface area contributed by atoms with Crippen LogP contribution in [0, 0.1) is 0 Å². The number of aromatic nitrogens is 1. The number of thiazole rings is 1. The molecule has 0 aliphatic rings. The molecular weight excluding hydrogens is 289 g/mol. The van der Waals surface area contributed by atoms with Crippen LogP contribution in [0.1, 0.15) is 17.6 Å². The molecule has 0 spiro atoms. The number of anilines is 1. The molecule has 3 nitrogen and oxygen atoms in total. The second-order valence-electron chi connectivity index (χ2n) is 4.01. The average Bonchev–Trinajstić information content (AvgIpc) is 2.84. The zero-order valence-electron chi connectivity index (χ0n) is 10.7. The minimum atomic E-state index is -4.66. The molecule has 1 N–H and O–H groups in total. The van der Waals surface area contributed by atoms with Crippen LogP contribution in [0.3, 0.4) is 0 Å². The van der Waals surface area contributed by atoms with Gasteiger partial charge in [-0.25, -0.2) is 4.98 Å². The maximum atomic E-state index is 12.0. The lowest BCUT2D eigenvalue weighted by Gasteiger charge is -2.09. The number of nitrogens with zero attached hydrogens (tertiary/aromatic N) is 1. The molecule has 0 radical (unpaired) electrons. The van der Waals surface area contributed by atoms with Crippen LogP contribution in [-0.4, -0.2) is 11.3 Å². The maximum Gasteiger partial charge on any atom is 0.573 e. The maximum absolute atomic E-state index is 12.0. The summed E-state index contributed by atoms with van der Waals surface area (Å²) in [7, 11) is 0. The summed E-state index contributed by atoms with van der Waals surface area (Å²) in [5.41, 5.74) is 1.63. The van der Waals surface area contributed by atoms with Crippen molar-refractivity contribution in [1.29, 1.82) is 0 Å². The number of nitrogens with one attached hydrogen (secondary N) is 1. The third-order valence-corrected chi connectivity index (χ3v) is 3.51. The number of halogens is 3. The van der Waals surface area contributed by atoms with E-state index < -0.39 is 6.36 Å². The van der Waals surface area contributed by atoms with Crippen molar-refractivity contribution in [2.45, 2.75) is 26.3 Å². The number of ether oxygens (including phenoxy) is 1. The largest absolute Gasteiger partial charge is 0.573 e. The van der Waals surface area contributed by atoms with Gasteiger partial charge in [0.05, 0.1) is 17.2 Å². The van der Waals surface area contributed by atoms with E-state index in [9.17, 15) is 13.2 Å². The predicted octanol–water partition coefficient (Wildman–Crippen LogP) is 4.22. The topological polar surface area (TPSA) is 34.2 Å². The lowest BCUT2D eigenvalue weighted by atomic mass is 10.3. The molecule has 7 heteroatoms. The molecule has 2 aromatic rings. The number of hydrogen-bond donors (Lipinski definition) is 1. The van der Waals surface area contributed by atoms with Gasteiger partial charge in [0, 0.05) is 11.1 Å². The van der Waals surface area contributed by atoms with Crippen molar-refractivity contribution in [3.05, 3.63) is 40.3 Å². The van der Waals surface area contributed by atoms with Crippen molar-refractivity contribution in [3.8, 4) is 5.75 Å². The molecule has 0 saturated heterocycles. The van der Waals surface area contributed by atoms with E-state index in [0.717, 1.165) is 17.1 Å². The zero-order valence-corrected chi connectivity index (χ0v) is 11.5. The fourth-order valence-electron chi connectivity index (χ4n) is 1.56. The molecule has 2 rings (SSSR count). The molecule has 0 fully saturated rings. The van der Waals surface area contributed by atoms with E-state index in [-0.39, 0.29) is 5.75 Å². The Balaban J connectivity index is 1.90. The van der Waals surface area contributed by atoms with Gasteiger partial charge in [0.15, 0.2) is 0 Å². The number of rotatable bonds is 5. The van der Waals surface area contributed by atoms with Crippen molar-refractivity contribution in [2.75, 3.05) is 5.32 Å².